The summed E-state index contributed by atoms with van der Waals surface area (Å²) in [7, 11) is 0. The molecule has 82 valence electrons. The van der Waals surface area contributed by atoms with Gasteiger partial charge in [-0.3, -0.25) is 4.40 Å². The third kappa shape index (κ3) is 1.35. The Hall–Kier alpha value is -1.36. The van der Waals surface area contributed by atoms with E-state index in [0.717, 1.165) is 28.8 Å². The molecule has 1 aliphatic rings. The van der Waals surface area contributed by atoms with Gasteiger partial charge < -0.3 is 5.11 Å². The van der Waals surface area contributed by atoms with Crippen LogP contribution in [0.3, 0.4) is 0 Å². The number of aromatic nitrogens is 2. The third-order valence-electron chi connectivity index (χ3n) is 2.80. The minimum atomic E-state index is -0.919. The van der Waals surface area contributed by atoms with Gasteiger partial charge in [-0.05, 0) is 40.9 Å². The summed E-state index contributed by atoms with van der Waals surface area (Å²) < 4.78 is 2.46. The molecule has 0 amide bonds. The first-order valence-electron chi connectivity index (χ1n) is 5.08. The van der Waals surface area contributed by atoms with E-state index in [4.69, 9.17) is 5.11 Å². The second-order valence-electron chi connectivity index (χ2n) is 3.97. The number of hydrogen-bond donors (Lipinski definition) is 1. The normalized spacial score (nSPS) is 15.6. The number of imidazole rings is 1. The number of carbonyl (C=O) groups is 1. The average molecular weight is 281 g/mol. The minimum Gasteiger partial charge on any atom is -0.477 e. The number of pyridine rings is 1. The number of rotatable bonds is 2. The fourth-order valence-corrected chi connectivity index (χ4v) is 2.40. The zero-order chi connectivity index (χ0) is 11.3. The predicted octanol–water partition coefficient (Wildman–Crippen LogP) is 2.67. The van der Waals surface area contributed by atoms with Gasteiger partial charge in [0.05, 0.1) is 5.52 Å². The molecule has 0 atom stereocenters. The van der Waals surface area contributed by atoms with Crippen molar-refractivity contribution < 1.29 is 9.90 Å². The zero-order valence-corrected chi connectivity index (χ0v) is 9.94. The van der Waals surface area contributed by atoms with E-state index in [1.54, 1.807) is 16.5 Å². The van der Waals surface area contributed by atoms with Crippen molar-refractivity contribution in [2.24, 2.45) is 0 Å². The number of nitrogens with zero attached hydrogens (tertiary/aromatic N) is 2. The summed E-state index contributed by atoms with van der Waals surface area (Å²) in [5, 5.41) is 9.15. The van der Waals surface area contributed by atoms with Crippen molar-refractivity contribution in [3.05, 3.63) is 34.3 Å². The van der Waals surface area contributed by atoms with Gasteiger partial charge >= 0.3 is 5.97 Å². The number of hydrogen-bond acceptors (Lipinski definition) is 2. The Kier molecular flexibility index (Phi) is 2.04. The van der Waals surface area contributed by atoms with Crippen LogP contribution in [-0.4, -0.2) is 20.5 Å². The number of carboxylic acid groups (broad SMARTS) is 1. The van der Waals surface area contributed by atoms with Crippen molar-refractivity contribution in [2.75, 3.05) is 0 Å². The van der Waals surface area contributed by atoms with Crippen LogP contribution in [-0.2, 0) is 0 Å². The molecule has 3 rings (SSSR count). The molecule has 5 heteroatoms. The summed E-state index contributed by atoms with van der Waals surface area (Å²) in [6, 6.07) is 5.21. The SMILES string of the molecule is O=C(O)c1cccc2c(Br)nc(C3CC3)n12. The van der Waals surface area contributed by atoms with E-state index >= 15 is 0 Å². The Morgan fingerprint density at radius 1 is 1.50 bits per heavy atom. The predicted molar refractivity (Wildman–Crippen MR) is 61.8 cm³/mol. The summed E-state index contributed by atoms with van der Waals surface area (Å²) in [6.45, 7) is 0. The van der Waals surface area contributed by atoms with E-state index < -0.39 is 5.97 Å². The largest absolute Gasteiger partial charge is 0.477 e. The maximum atomic E-state index is 11.2. The fraction of sp³-hybridized carbons (Fsp3) is 0.273. The van der Waals surface area contributed by atoms with Crippen molar-refractivity contribution in [3.8, 4) is 0 Å². The lowest BCUT2D eigenvalue weighted by Crippen LogP contribution is -2.06. The Balaban J connectivity index is 2.38. The highest BCUT2D eigenvalue weighted by molar-refractivity contribution is 9.10. The maximum absolute atomic E-state index is 11.2. The molecule has 4 nitrogen and oxygen atoms in total. The van der Waals surface area contributed by atoms with Crippen LogP contribution < -0.4 is 0 Å². The van der Waals surface area contributed by atoms with Gasteiger partial charge in [-0.2, -0.15) is 0 Å². The summed E-state index contributed by atoms with van der Waals surface area (Å²) >= 11 is 3.37. The molecule has 0 aliphatic heterocycles. The quantitative estimate of drug-likeness (QED) is 0.920. The first kappa shape index (κ1) is 9.84. The Morgan fingerprint density at radius 3 is 2.88 bits per heavy atom. The fourth-order valence-electron chi connectivity index (χ4n) is 1.91. The Labute approximate surface area is 100 Å². The van der Waals surface area contributed by atoms with Gasteiger partial charge in [-0.1, -0.05) is 6.07 Å². The molecule has 0 unspecified atom stereocenters. The second kappa shape index (κ2) is 3.31. The zero-order valence-electron chi connectivity index (χ0n) is 8.35. The highest BCUT2D eigenvalue weighted by atomic mass is 79.9. The van der Waals surface area contributed by atoms with Crippen molar-refractivity contribution in [3.63, 3.8) is 0 Å². The topological polar surface area (TPSA) is 54.6 Å². The molecule has 1 aliphatic carbocycles. The molecule has 16 heavy (non-hydrogen) atoms. The molecule has 2 heterocycles. The first-order valence-corrected chi connectivity index (χ1v) is 5.88. The van der Waals surface area contributed by atoms with E-state index in [2.05, 4.69) is 20.9 Å². The molecule has 0 saturated heterocycles. The minimum absolute atomic E-state index is 0.276. The molecule has 2 aromatic rings. The standard InChI is InChI=1S/C11H9BrN2O2/c12-9-7-2-1-3-8(11(15)16)14(7)10(13-9)6-4-5-6/h1-3,6H,4-5H2,(H,15,16). The van der Waals surface area contributed by atoms with Gasteiger partial charge in [0, 0.05) is 5.92 Å². The number of aromatic carboxylic acids is 1. The molecule has 1 fully saturated rings. The molecule has 0 bridgehead atoms. The van der Waals surface area contributed by atoms with E-state index in [9.17, 15) is 4.79 Å². The maximum Gasteiger partial charge on any atom is 0.352 e. The van der Waals surface area contributed by atoms with Gasteiger partial charge in [-0.25, -0.2) is 9.78 Å². The van der Waals surface area contributed by atoms with Gasteiger partial charge in [0.15, 0.2) is 0 Å². The number of fused-ring (bicyclic) bond motifs is 1. The van der Waals surface area contributed by atoms with Crippen LogP contribution in [0.25, 0.3) is 5.52 Å². The summed E-state index contributed by atoms with van der Waals surface area (Å²) in [6.07, 6.45) is 2.19. The first-order chi connectivity index (χ1) is 7.68. The highest BCUT2D eigenvalue weighted by Gasteiger charge is 2.30. The Morgan fingerprint density at radius 2 is 2.25 bits per heavy atom. The van der Waals surface area contributed by atoms with E-state index in [-0.39, 0.29) is 5.69 Å². The van der Waals surface area contributed by atoms with Crippen molar-refractivity contribution in [2.45, 2.75) is 18.8 Å². The van der Waals surface area contributed by atoms with Crippen LogP contribution in [0.5, 0.6) is 0 Å². The molecule has 2 aromatic heterocycles. The molecule has 0 radical (unpaired) electrons. The van der Waals surface area contributed by atoms with E-state index in [1.807, 2.05) is 6.07 Å². The molecular weight excluding hydrogens is 272 g/mol. The lowest BCUT2D eigenvalue weighted by Gasteiger charge is -2.03. The van der Waals surface area contributed by atoms with Crippen LogP contribution >= 0.6 is 15.9 Å². The molecule has 1 N–H and O–H groups in total. The molecule has 1 saturated carbocycles. The number of carboxylic acids is 1. The molecule has 0 spiro atoms. The molecule has 0 aromatic carbocycles. The van der Waals surface area contributed by atoms with Crippen molar-refractivity contribution in [1.82, 2.24) is 9.38 Å². The third-order valence-corrected chi connectivity index (χ3v) is 3.39. The highest BCUT2D eigenvalue weighted by Crippen LogP contribution is 2.41. The van der Waals surface area contributed by atoms with Crippen LogP contribution in [0, 0.1) is 0 Å². The second-order valence-corrected chi connectivity index (χ2v) is 4.72. The van der Waals surface area contributed by atoms with Gasteiger partial charge in [0.1, 0.15) is 16.1 Å². The smallest absolute Gasteiger partial charge is 0.352 e. The average Bonchev–Trinajstić information content (AvgIpc) is 3.04. The van der Waals surface area contributed by atoms with Gasteiger partial charge in [-0.15, -0.1) is 0 Å². The van der Waals surface area contributed by atoms with Crippen LogP contribution in [0.4, 0.5) is 0 Å². The molecular formula is C11H9BrN2O2. The van der Waals surface area contributed by atoms with Crippen molar-refractivity contribution in [1.29, 1.82) is 0 Å². The van der Waals surface area contributed by atoms with Gasteiger partial charge in [0.2, 0.25) is 0 Å². The van der Waals surface area contributed by atoms with Crippen LogP contribution in [0.1, 0.15) is 35.1 Å². The van der Waals surface area contributed by atoms with Gasteiger partial charge in [0.25, 0.3) is 0 Å². The van der Waals surface area contributed by atoms with E-state index in [1.165, 1.54) is 0 Å². The Bertz CT molecular complexity index is 587. The number of halogens is 1. The summed E-state index contributed by atoms with van der Waals surface area (Å²) in [5.41, 5.74) is 1.10. The van der Waals surface area contributed by atoms with E-state index in [0.29, 0.717) is 5.92 Å². The summed E-state index contributed by atoms with van der Waals surface area (Å²) in [5.74, 6) is 0.358. The summed E-state index contributed by atoms with van der Waals surface area (Å²) in [4.78, 5) is 15.6. The van der Waals surface area contributed by atoms with Crippen LogP contribution in [0.2, 0.25) is 0 Å². The lowest BCUT2D eigenvalue weighted by molar-refractivity contribution is 0.0688. The monoisotopic (exact) mass is 280 g/mol. The lowest BCUT2D eigenvalue weighted by atomic mass is 10.3. The van der Waals surface area contributed by atoms with Crippen LogP contribution in [0.15, 0.2) is 22.8 Å². The van der Waals surface area contributed by atoms with Crippen molar-refractivity contribution >= 4 is 27.4 Å².